The summed E-state index contributed by atoms with van der Waals surface area (Å²) in [5.74, 6) is -2.14. The van der Waals surface area contributed by atoms with Gasteiger partial charge in [0.15, 0.2) is 0 Å². The van der Waals surface area contributed by atoms with Crippen molar-refractivity contribution in [2.24, 2.45) is 0 Å². The number of nitrogens with one attached hydrogen (secondary N) is 1. The number of hydrogen-bond donors (Lipinski definition) is 2. The third-order valence-corrected chi connectivity index (χ3v) is 2.80. The molecule has 0 aliphatic carbocycles. The van der Waals surface area contributed by atoms with Crippen LogP contribution >= 0.6 is 0 Å². The number of halogens is 3. The summed E-state index contributed by atoms with van der Waals surface area (Å²) in [6.45, 7) is 4.89. The number of nitrogens with zero attached hydrogens (tertiary/aromatic N) is 1. The van der Waals surface area contributed by atoms with E-state index in [0.29, 0.717) is 0 Å². The summed E-state index contributed by atoms with van der Waals surface area (Å²) in [7, 11) is 0. The molecule has 1 fully saturated rings. The minimum absolute atomic E-state index is 0.0576. The topological polar surface area (TPSA) is 78.9 Å². The second-order valence-electron chi connectivity index (χ2n) is 5.86. The molecule has 0 aromatic rings. The van der Waals surface area contributed by atoms with Crippen molar-refractivity contribution in [3.05, 3.63) is 0 Å². The molecular weight excluding hydrogens is 293 g/mol. The molecule has 2 N–H and O–H groups in total. The molecule has 21 heavy (non-hydrogen) atoms. The largest absolute Gasteiger partial charge is 0.471 e. The van der Waals surface area contributed by atoms with E-state index in [1.54, 1.807) is 26.1 Å². The van der Waals surface area contributed by atoms with Crippen molar-refractivity contribution in [1.82, 2.24) is 10.2 Å². The standard InChI is InChI=1S/C12H19F3N2O4/c1-11(2,3)21-10(20)17-5-4-8(18)7(6-17)16-9(19)12(13,14)15/h7-8,18H,4-6H2,1-3H3,(H,16,19). The SMILES string of the molecule is CC(C)(C)OC(=O)N1CCC(O)C(NC(=O)C(F)(F)F)C1. The van der Waals surface area contributed by atoms with Gasteiger partial charge in [0, 0.05) is 13.1 Å². The molecule has 0 bridgehead atoms. The highest BCUT2D eigenvalue weighted by atomic mass is 19.4. The van der Waals surface area contributed by atoms with Crippen molar-refractivity contribution in [2.75, 3.05) is 13.1 Å². The fraction of sp³-hybridized carbons (Fsp3) is 0.833. The Balaban J connectivity index is 2.66. The normalized spacial score (nSPS) is 23.7. The van der Waals surface area contributed by atoms with Crippen LogP contribution in [0.4, 0.5) is 18.0 Å². The molecule has 2 unspecified atom stereocenters. The van der Waals surface area contributed by atoms with Gasteiger partial charge in [0.05, 0.1) is 12.1 Å². The number of aliphatic hydroxyl groups is 1. The fourth-order valence-corrected chi connectivity index (χ4v) is 1.82. The third kappa shape index (κ3) is 5.41. The van der Waals surface area contributed by atoms with Gasteiger partial charge < -0.3 is 20.1 Å². The summed E-state index contributed by atoms with van der Waals surface area (Å²) in [5.41, 5.74) is -0.738. The Morgan fingerprint density at radius 1 is 1.29 bits per heavy atom. The summed E-state index contributed by atoms with van der Waals surface area (Å²) in [5, 5.41) is 11.3. The van der Waals surface area contributed by atoms with E-state index < -0.39 is 35.9 Å². The Bertz CT molecular complexity index is 406. The molecule has 1 aliphatic heterocycles. The van der Waals surface area contributed by atoms with Gasteiger partial charge in [-0.25, -0.2) is 4.79 Å². The summed E-state index contributed by atoms with van der Waals surface area (Å²) >= 11 is 0. The van der Waals surface area contributed by atoms with Crippen molar-refractivity contribution in [3.8, 4) is 0 Å². The van der Waals surface area contributed by atoms with Crippen molar-refractivity contribution < 1.29 is 32.6 Å². The van der Waals surface area contributed by atoms with Crippen LogP contribution in [0, 0.1) is 0 Å². The van der Waals surface area contributed by atoms with Gasteiger partial charge in [-0.3, -0.25) is 4.79 Å². The van der Waals surface area contributed by atoms with Crippen LogP contribution in [0.25, 0.3) is 0 Å². The quantitative estimate of drug-likeness (QED) is 0.758. The van der Waals surface area contributed by atoms with Gasteiger partial charge in [0.2, 0.25) is 0 Å². The molecule has 2 atom stereocenters. The number of carbonyl (C=O) groups excluding carboxylic acids is 2. The number of rotatable bonds is 1. The smallest absolute Gasteiger partial charge is 0.444 e. The average Bonchev–Trinajstić information content (AvgIpc) is 2.28. The van der Waals surface area contributed by atoms with Gasteiger partial charge >= 0.3 is 18.2 Å². The van der Waals surface area contributed by atoms with Crippen LogP contribution in [0.2, 0.25) is 0 Å². The highest BCUT2D eigenvalue weighted by Gasteiger charge is 2.42. The molecule has 0 aromatic carbocycles. The first-order valence-corrected chi connectivity index (χ1v) is 6.44. The van der Waals surface area contributed by atoms with Crippen molar-refractivity contribution in [2.45, 2.75) is 51.1 Å². The number of aliphatic hydroxyl groups excluding tert-OH is 1. The minimum atomic E-state index is -5.03. The minimum Gasteiger partial charge on any atom is -0.444 e. The van der Waals surface area contributed by atoms with Crippen LogP contribution < -0.4 is 5.32 Å². The second kappa shape index (κ2) is 6.08. The van der Waals surface area contributed by atoms with E-state index >= 15 is 0 Å². The highest BCUT2D eigenvalue weighted by Crippen LogP contribution is 2.19. The zero-order valence-corrected chi connectivity index (χ0v) is 12.0. The second-order valence-corrected chi connectivity index (χ2v) is 5.86. The van der Waals surface area contributed by atoms with Gasteiger partial charge in [-0.15, -0.1) is 0 Å². The lowest BCUT2D eigenvalue weighted by atomic mass is 10.0. The first-order valence-electron chi connectivity index (χ1n) is 6.44. The van der Waals surface area contributed by atoms with Gasteiger partial charge in [-0.05, 0) is 27.2 Å². The Morgan fingerprint density at radius 3 is 2.33 bits per heavy atom. The van der Waals surface area contributed by atoms with Gasteiger partial charge in [0.1, 0.15) is 5.60 Å². The number of amides is 2. The van der Waals surface area contributed by atoms with Crippen LogP contribution in [-0.4, -0.2) is 59.0 Å². The zero-order valence-electron chi connectivity index (χ0n) is 12.0. The van der Waals surface area contributed by atoms with E-state index in [2.05, 4.69) is 0 Å². The molecule has 0 spiro atoms. The van der Waals surface area contributed by atoms with Crippen LogP contribution in [0.5, 0.6) is 0 Å². The Labute approximate surface area is 120 Å². The fourth-order valence-electron chi connectivity index (χ4n) is 1.82. The van der Waals surface area contributed by atoms with Crippen LogP contribution in [0.15, 0.2) is 0 Å². The van der Waals surface area contributed by atoms with Crippen LogP contribution in [-0.2, 0) is 9.53 Å². The van der Waals surface area contributed by atoms with Crippen LogP contribution in [0.1, 0.15) is 27.2 Å². The molecule has 0 aromatic heterocycles. The van der Waals surface area contributed by atoms with E-state index in [9.17, 15) is 27.9 Å². The molecule has 0 radical (unpaired) electrons. The number of hydrogen-bond acceptors (Lipinski definition) is 4. The molecule has 1 aliphatic rings. The number of carbonyl (C=O) groups is 2. The molecule has 6 nitrogen and oxygen atoms in total. The van der Waals surface area contributed by atoms with E-state index in [1.165, 1.54) is 4.90 Å². The first kappa shape index (κ1) is 17.5. The van der Waals surface area contributed by atoms with E-state index in [4.69, 9.17) is 4.74 Å². The summed E-state index contributed by atoms with van der Waals surface area (Å²) in [4.78, 5) is 23.9. The molecule has 9 heteroatoms. The lowest BCUT2D eigenvalue weighted by molar-refractivity contribution is -0.175. The lowest BCUT2D eigenvalue weighted by Crippen LogP contribution is -2.58. The molecular formula is C12H19F3N2O4. The molecule has 122 valence electrons. The number of piperidine rings is 1. The maximum Gasteiger partial charge on any atom is 0.471 e. The molecule has 0 saturated carbocycles. The third-order valence-electron chi connectivity index (χ3n) is 2.80. The van der Waals surface area contributed by atoms with Crippen molar-refractivity contribution in [1.29, 1.82) is 0 Å². The molecule has 1 saturated heterocycles. The Morgan fingerprint density at radius 2 is 1.86 bits per heavy atom. The molecule has 1 rings (SSSR count). The first-order chi connectivity index (χ1) is 9.40. The summed E-state index contributed by atoms with van der Waals surface area (Å²) in [6.07, 6.45) is -6.81. The van der Waals surface area contributed by atoms with Crippen molar-refractivity contribution >= 4 is 12.0 Å². The molecule has 2 amide bonds. The van der Waals surface area contributed by atoms with Gasteiger partial charge in [-0.1, -0.05) is 0 Å². The van der Waals surface area contributed by atoms with Crippen LogP contribution in [0.3, 0.4) is 0 Å². The monoisotopic (exact) mass is 312 g/mol. The zero-order chi connectivity index (χ0) is 16.4. The molecule has 1 heterocycles. The average molecular weight is 312 g/mol. The van der Waals surface area contributed by atoms with Gasteiger partial charge in [-0.2, -0.15) is 13.2 Å². The number of alkyl halides is 3. The highest BCUT2D eigenvalue weighted by molar-refractivity contribution is 5.82. The maximum atomic E-state index is 12.2. The number of ether oxygens (including phenoxy) is 1. The van der Waals surface area contributed by atoms with E-state index in [-0.39, 0.29) is 19.5 Å². The summed E-state index contributed by atoms with van der Waals surface area (Å²) < 4.78 is 41.7. The summed E-state index contributed by atoms with van der Waals surface area (Å²) in [6, 6.07) is -1.18. The predicted molar refractivity (Wildman–Crippen MR) is 66.4 cm³/mol. The van der Waals surface area contributed by atoms with E-state index in [1.807, 2.05) is 0 Å². The lowest BCUT2D eigenvalue weighted by Gasteiger charge is -2.37. The Hall–Kier alpha value is -1.51. The van der Waals surface area contributed by atoms with E-state index in [0.717, 1.165) is 0 Å². The Kier molecular flexibility index (Phi) is 5.08. The predicted octanol–water partition coefficient (Wildman–Crippen LogP) is 1.04. The van der Waals surface area contributed by atoms with Crippen molar-refractivity contribution in [3.63, 3.8) is 0 Å². The number of likely N-dealkylation sites (tertiary alicyclic amines) is 1. The maximum absolute atomic E-state index is 12.2. The van der Waals surface area contributed by atoms with Gasteiger partial charge in [0.25, 0.3) is 0 Å².